The molecule has 0 aromatic heterocycles. The van der Waals surface area contributed by atoms with E-state index >= 15 is 0 Å². The molecule has 118 valence electrons. The molecular formula is C16H26N2O3. The molecule has 0 radical (unpaired) electrons. The molecule has 5 heteroatoms. The van der Waals surface area contributed by atoms with Crippen molar-refractivity contribution in [2.75, 3.05) is 41.0 Å². The molecule has 5 nitrogen and oxygen atoms in total. The molecule has 2 atom stereocenters. The summed E-state index contributed by atoms with van der Waals surface area (Å²) in [5, 5.41) is 0. The third kappa shape index (κ3) is 3.87. The Labute approximate surface area is 127 Å². The quantitative estimate of drug-likeness (QED) is 0.867. The first-order valence-corrected chi connectivity index (χ1v) is 7.41. The van der Waals surface area contributed by atoms with Gasteiger partial charge in [0.1, 0.15) is 11.5 Å². The van der Waals surface area contributed by atoms with Gasteiger partial charge in [-0.1, -0.05) is 0 Å². The van der Waals surface area contributed by atoms with Crippen LogP contribution in [0.3, 0.4) is 0 Å². The first-order chi connectivity index (χ1) is 10.2. The zero-order chi connectivity index (χ0) is 15.2. The summed E-state index contributed by atoms with van der Waals surface area (Å²) in [6, 6.07) is 6.29. The Morgan fingerprint density at radius 2 is 1.81 bits per heavy atom. The van der Waals surface area contributed by atoms with Crippen molar-refractivity contribution in [3.8, 4) is 11.5 Å². The van der Waals surface area contributed by atoms with Crippen LogP contribution in [0.15, 0.2) is 18.2 Å². The molecule has 2 rings (SSSR count). The maximum atomic E-state index is 6.39. The minimum atomic E-state index is 0.118. The van der Waals surface area contributed by atoms with Crippen molar-refractivity contribution < 1.29 is 14.2 Å². The molecule has 2 N–H and O–H groups in total. The van der Waals surface area contributed by atoms with Crippen LogP contribution in [0, 0.1) is 0 Å². The number of likely N-dealkylation sites (tertiary alicyclic amines) is 1. The van der Waals surface area contributed by atoms with Crippen molar-refractivity contribution in [3.05, 3.63) is 23.8 Å². The standard InChI is InChI=1S/C16H26N2O3/c1-19-8-7-18-6-4-5-15(17)16(18)12-9-13(20-2)11-14(10-12)21-3/h9-11,15-16H,4-8,17H2,1-3H3. The van der Waals surface area contributed by atoms with E-state index in [-0.39, 0.29) is 12.1 Å². The third-order valence-corrected chi connectivity index (χ3v) is 4.08. The zero-order valence-electron chi connectivity index (χ0n) is 13.2. The fourth-order valence-corrected chi connectivity index (χ4v) is 3.02. The number of piperidine rings is 1. The lowest BCUT2D eigenvalue weighted by Gasteiger charge is -2.40. The summed E-state index contributed by atoms with van der Waals surface area (Å²) in [4.78, 5) is 2.39. The minimum Gasteiger partial charge on any atom is -0.497 e. The molecule has 21 heavy (non-hydrogen) atoms. The van der Waals surface area contributed by atoms with Gasteiger partial charge >= 0.3 is 0 Å². The van der Waals surface area contributed by atoms with Crippen LogP contribution in [-0.2, 0) is 4.74 Å². The van der Waals surface area contributed by atoms with E-state index in [4.69, 9.17) is 19.9 Å². The summed E-state index contributed by atoms with van der Waals surface area (Å²) in [7, 11) is 5.07. The molecule has 1 heterocycles. The second-order valence-corrected chi connectivity index (χ2v) is 5.43. The summed E-state index contributed by atoms with van der Waals surface area (Å²) in [6.45, 7) is 2.64. The average molecular weight is 294 g/mol. The lowest BCUT2D eigenvalue weighted by Crippen LogP contribution is -2.46. The molecular weight excluding hydrogens is 268 g/mol. The molecule has 1 aromatic rings. The van der Waals surface area contributed by atoms with Gasteiger partial charge < -0.3 is 19.9 Å². The molecule has 1 aromatic carbocycles. The molecule has 0 spiro atoms. The van der Waals surface area contributed by atoms with E-state index in [1.807, 2.05) is 6.07 Å². The summed E-state index contributed by atoms with van der Waals surface area (Å²) in [6.07, 6.45) is 2.16. The van der Waals surface area contributed by atoms with Gasteiger partial charge in [-0.05, 0) is 37.1 Å². The summed E-state index contributed by atoms with van der Waals surface area (Å²) >= 11 is 0. The summed E-state index contributed by atoms with van der Waals surface area (Å²) in [5.74, 6) is 1.60. The SMILES string of the molecule is COCCN1CCCC(N)C1c1cc(OC)cc(OC)c1. The lowest BCUT2D eigenvalue weighted by atomic mass is 9.90. The molecule has 2 unspecified atom stereocenters. The van der Waals surface area contributed by atoms with Crippen molar-refractivity contribution in [3.63, 3.8) is 0 Å². The second kappa shape index (κ2) is 7.64. The van der Waals surface area contributed by atoms with Crippen molar-refractivity contribution in [2.45, 2.75) is 24.9 Å². The molecule has 1 aliphatic heterocycles. The van der Waals surface area contributed by atoms with E-state index in [1.165, 1.54) is 0 Å². The Morgan fingerprint density at radius 1 is 1.14 bits per heavy atom. The van der Waals surface area contributed by atoms with Crippen molar-refractivity contribution in [2.24, 2.45) is 5.73 Å². The molecule has 0 bridgehead atoms. The number of hydrogen-bond donors (Lipinski definition) is 1. The smallest absolute Gasteiger partial charge is 0.122 e. The van der Waals surface area contributed by atoms with Gasteiger partial charge in [-0.2, -0.15) is 0 Å². The van der Waals surface area contributed by atoms with Crippen LogP contribution in [0.25, 0.3) is 0 Å². The van der Waals surface area contributed by atoms with Crippen LogP contribution in [0.2, 0.25) is 0 Å². The van der Waals surface area contributed by atoms with Gasteiger partial charge in [0, 0.05) is 25.8 Å². The average Bonchev–Trinajstić information content (AvgIpc) is 2.52. The van der Waals surface area contributed by atoms with Crippen LogP contribution in [0.5, 0.6) is 11.5 Å². The van der Waals surface area contributed by atoms with E-state index in [1.54, 1.807) is 21.3 Å². The van der Waals surface area contributed by atoms with Crippen LogP contribution in [0.4, 0.5) is 0 Å². The fourth-order valence-electron chi connectivity index (χ4n) is 3.02. The van der Waals surface area contributed by atoms with Gasteiger partial charge in [0.25, 0.3) is 0 Å². The van der Waals surface area contributed by atoms with Crippen molar-refractivity contribution >= 4 is 0 Å². The number of methoxy groups -OCH3 is 3. The summed E-state index contributed by atoms with van der Waals surface area (Å²) < 4.78 is 16.0. The van der Waals surface area contributed by atoms with E-state index in [2.05, 4.69) is 17.0 Å². The molecule has 0 amide bonds. The van der Waals surface area contributed by atoms with Gasteiger partial charge in [0.15, 0.2) is 0 Å². The summed E-state index contributed by atoms with van der Waals surface area (Å²) in [5.41, 5.74) is 7.54. The Hall–Kier alpha value is -1.30. The third-order valence-electron chi connectivity index (χ3n) is 4.08. The first kappa shape index (κ1) is 16.1. The van der Waals surface area contributed by atoms with Crippen LogP contribution >= 0.6 is 0 Å². The van der Waals surface area contributed by atoms with Gasteiger partial charge in [-0.3, -0.25) is 4.90 Å². The largest absolute Gasteiger partial charge is 0.497 e. The van der Waals surface area contributed by atoms with E-state index in [0.717, 1.165) is 43.0 Å². The van der Waals surface area contributed by atoms with Gasteiger partial charge in [-0.25, -0.2) is 0 Å². The van der Waals surface area contributed by atoms with Gasteiger partial charge in [-0.15, -0.1) is 0 Å². The zero-order valence-corrected chi connectivity index (χ0v) is 13.2. The number of rotatable bonds is 6. The fraction of sp³-hybridized carbons (Fsp3) is 0.625. The first-order valence-electron chi connectivity index (χ1n) is 7.41. The Balaban J connectivity index is 2.29. The lowest BCUT2D eigenvalue weighted by molar-refractivity contribution is 0.0846. The molecule has 1 aliphatic rings. The molecule has 1 fully saturated rings. The van der Waals surface area contributed by atoms with Gasteiger partial charge in [0.2, 0.25) is 0 Å². The van der Waals surface area contributed by atoms with Crippen LogP contribution in [-0.4, -0.2) is 52.0 Å². The van der Waals surface area contributed by atoms with Crippen molar-refractivity contribution in [1.29, 1.82) is 0 Å². The van der Waals surface area contributed by atoms with Crippen LogP contribution in [0.1, 0.15) is 24.4 Å². The van der Waals surface area contributed by atoms with Crippen molar-refractivity contribution in [1.82, 2.24) is 4.90 Å². The number of hydrogen-bond acceptors (Lipinski definition) is 5. The topological polar surface area (TPSA) is 57.0 Å². The Morgan fingerprint density at radius 3 is 2.38 bits per heavy atom. The number of nitrogens with zero attached hydrogens (tertiary/aromatic N) is 1. The predicted molar refractivity (Wildman–Crippen MR) is 82.9 cm³/mol. The molecule has 1 saturated heterocycles. The molecule has 0 saturated carbocycles. The number of benzene rings is 1. The Bertz CT molecular complexity index is 431. The monoisotopic (exact) mass is 294 g/mol. The highest BCUT2D eigenvalue weighted by atomic mass is 16.5. The van der Waals surface area contributed by atoms with E-state index < -0.39 is 0 Å². The predicted octanol–water partition coefficient (Wildman–Crippen LogP) is 1.81. The van der Waals surface area contributed by atoms with E-state index in [9.17, 15) is 0 Å². The highest BCUT2D eigenvalue weighted by Crippen LogP contribution is 2.34. The van der Waals surface area contributed by atoms with Crippen LogP contribution < -0.4 is 15.2 Å². The highest BCUT2D eigenvalue weighted by molar-refractivity contribution is 5.40. The highest BCUT2D eigenvalue weighted by Gasteiger charge is 2.30. The van der Waals surface area contributed by atoms with Gasteiger partial charge in [0.05, 0.1) is 26.9 Å². The van der Waals surface area contributed by atoms with E-state index in [0.29, 0.717) is 6.61 Å². The minimum absolute atomic E-state index is 0.118. The Kier molecular flexibility index (Phi) is 5.85. The second-order valence-electron chi connectivity index (χ2n) is 5.43. The normalized spacial score (nSPS) is 23.0. The number of nitrogens with two attached hydrogens (primary N) is 1. The molecule has 0 aliphatic carbocycles. The number of ether oxygens (including phenoxy) is 3. The maximum Gasteiger partial charge on any atom is 0.122 e. The maximum absolute atomic E-state index is 6.39.